The van der Waals surface area contributed by atoms with E-state index in [9.17, 15) is 9.59 Å². The molecule has 154 valence electrons. The zero-order valence-corrected chi connectivity index (χ0v) is 17.3. The fraction of sp³-hybridized carbons (Fsp3) is 0.167. The number of benzene rings is 3. The molecule has 1 amide bonds. The van der Waals surface area contributed by atoms with E-state index in [1.54, 1.807) is 37.3 Å². The molecule has 0 saturated heterocycles. The Morgan fingerprint density at radius 2 is 1.67 bits per heavy atom. The molecule has 0 aliphatic rings. The first-order valence-corrected chi connectivity index (χ1v) is 9.91. The number of nitrogens with one attached hydrogen (secondary N) is 1. The van der Waals surface area contributed by atoms with Gasteiger partial charge in [0.15, 0.2) is 12.4 Å². The van der Waals surface area contributed by atoms with Crippen LogP contribution in [0.15, 0.2) is 72.8 Å². The third-order valence-corrected chi connectivity index (χ3v) is 4.48. The zero-order valence-electron chi connectivity index (χ0n) is 16.6. The monoisotopic (exact) mass is 423 g/mol. The summed E-state index contributed by atoms with van der Waals surface area (Å²) in [7, 11) is 0. The van der Waals surface area contributed by atoms with Crippen LogP contribution in [0.5, 0.6) is 17.2 Å². The highest BCUT2D eigenvalue weighted by Gasteiger charge is 2.11. The molecule has 0 aliphatic carbocycles. The molecule has 0 bridgehead atoms. The van der Waals surface area contributed by atoms with Crippen LogP contribution < -0.4 is 14.8 Å². The number of Topliss-reactive ketones (excluding diaryl/α,β-unsaturated/α-hetero) is 1. The van der Waals surface area contributed by atoms with Crippen LogP contribution in [0.4, 0.5) is 5.69 Å². The van der Waals surface area contributed by atoms with Gasteiger partial charge in [-0.1, -0.05) is 41.9 Å². The molecule has 3 aromatic rings. The maximum Gasteiger partial charge on any atom is 0.262 e. The molecular weight excluding hydrogens is 402 g/mol. The Kier molecular flexibility index (Phi) is 7.46. The molecule has 6 heteroatoms. The zero-order chi connectivity index (χ0) is 21.3. The van der Waals surface area contributed by atoms with Gasteiger partial charge < -0.3 is 19.6 Å². The van der Waals surface area contributed by atoms with E-state index in [-0.39, 0.29) is 18.3 Å². The molecular formula is C24H22ClNO4. The van der Waals surface area contributed by atoms with Crippen LogP contribution in [0, 0.1) is 0 Å². The third kappa shape index (κ3) is 6.64. The van der Waals surface area contributed by atoms with Crippen molar-refractivity contribution in [2.24, 2.45) is 0 Å². The second kappa shape index (κ2) is 10.5. The van der Waals surface area contributed by atoms with Crippen LogP contribution in [0.25, 0.3) is 0 Å². The fourth-order valence-electron chi connectivity index (χ4n) is 2.71. The predicted octanol–water partition coefficient (Wildman–Crippen LogP) is 5.67. The lowest BCUT2D eigenvalue weighted by atomic mass is 10.1. The van der Waals surface area contributed by atoms with E-state index >= 15 is 0 Å². The SMILES string of the molecule is CC(=O)CCc1ccc(OCC(=O)Nc2cc(Cl)ccc2Oc2ccccc2)cc1. The van der Waals surface area contributed by atoms with Crippen molar-refractivity contribution in [1.82, 2.24) is 0 Å². The Morgan fingerprint density at radius 1 is 0.933 bits per heavy atom. The Labute approximate surface area is 180 Å². The number of rotatable bonds is 9. The Morgan fingerprint density at radius 3 is 2.37 bits per heavy atom. The maximum atomic E-state index is 12.4. The lowest BCUT2D eigenvalue weighted by Gasteiger charge is -2.13. The molecule has 0 atom stereocenters. The van der Waals surface area contributed by atoms with Crippen molar-refractivity contribution in [3.05, 3.63) is 83.4 Å². The largest absolute Gasteiger partial charge is 0.484 e. The molecule has 3 aromatic carbocycles. The topological polar surface area (TPSA) is 64.6 Å². The van der Waals surface area contributed by atoms with Crippen molar-refractivity contribution in [3.63, 3.8) is 0 Å². The molecule has 0 radical (unpaired) electrons. The van der Waals surface area contributed by atoms with Gasteiger partial charge >= 0.3 is 0 Å². The number of carbonyl (C=O) groups excluding carboxylic acids is 2. The van der Waals surface area contributed by atoms with Gasteiger partial charge in [-0.15, -0.1) is 0 Å². The second-order valence-corrected chi connectivity index (χ2v) is 7.17. The van der Waals surface area contributed by atoms with Gasteiger partial charge in [-0.3, -0.25) is 4.79 Å². The molecule has 0 aromatic heterocycles. The number of hydrogen-bond acceptors (Lipinski definition) is 4. The highest BCUT2D eigenvalue weighted by Crippen LogP contribution is 2.32. The van der Waals surface area contributed by atoms with E-state index in [2.05, 4.69) is 5.32 Å². The predicted molar refractivity (Wildman–Crippen MR) is 118 cm³/mol. The molecule has 0 unspecified atom stereocenters. The van der Waals surface area contributed by atoms with Gasteiger partial charge in [-0.25, -0.2) is 0 Å². The molecule has 0 saturated carbocycles. The molecule has 0 aliphatic heterocycles. The molecule has 1 N–H and O–H groups in total. The van der Waals surface area contributed by atoms with E-state index in [1.807, 2.05) is 42.5 Å². The third-order valence-electron chi connectivity index (χ3n) is 4.25. The van der Waals surface area contributed by atoms with Crippen LogP contribution in [-0.4, -0.2) is 18.3 Å². The quantitative estimate of drug-likeness (QED) is 0.481. The van der Waals surface area contributed by atoms with Gasteiger partial charge in [-0.05, 0) is 61.4 Å². The number of carbonyl (C=O) groups is 2. The van der Waals surface area contributed by atoms with E-state index in [4.69, 9.17) is 21.1 Å². The summed E-state index contributed by atoms with van der Waals surface area (Å²) in [5.41, 5.74) is 1.50. The first-order chi connectivity index (χ1) is 14.5. The molecule has 30 heavy (non-hydrogen) atoms. The van der Waals surface area contributed by atoms with Crippen molar-refractivity contribution >= 4 is 29.0 Å². The lowest BCUT2D eigenvalue weighted by molar-refractivity contribution is -0.118. The fourth-order valence-corrected chi connectivity index (χ4v) is 2.88. The van der Waals surface area contributed by atoms with E-state index in [1.165, 1.54) is 0 Å². The van der Waals surface area contributed by atoms with E-state index in [0.717, 1.165) is 5.56 Å². The number of halogens is 1. The standard InChI is InChI=1S/C24H22ClNO4/c1-17(27)7-8-18-9-12-20(13-10-18)29-16-24(28)26-22-15-19(25)11-14-23(22)30-21-5-3-2-4-6-21/h2-6,9-15H,7-8,16H2,1H3,(H,26,28). The van der Waals surface area contributed by atoms with Crippen molar-refractivity contribution in [2.45, 2.75) is 19.8 Å². The Balaban J connectivity index is 1.58. The average molecular weight is 424 g/mol. The minimum absolute atomic E-state index is 0.156. The van der Waals surface area contributed by atoms with Gasteiger partial charge in [-0.2, -0.15) is 0 Å². The van der Waals surface area contributed by atoms with Crippen molar-refractivity contribution in [3.8, 4) is 17.2 Å². The molecule has 0 spiro atoms. The number of hydrogen-bond donors (Lipinski definition) is 1. The van der Waals surface area contributed by atoms with Crippen LogP contribution in [0.3, 0.4) is 0 Å². The normalized spacial score (nSPS) is 10.3. The van der Waals surface area contributed by atoms with Gasteiger partial charge in [0.05, 0.1) is 5.69 Å². The lowest BCUT2D eigenvalue weighted by Crippen LogP contribution is -2.20. The van der Waals surface area contributed by atoms with Crippen LogP contribution >= 0.6 is 11.6 Å². The first-order valence-electron chi connectivity index (χ1n) is 9.53. The number of ketones is 1. The van der Waals surface area contributed by atoms with Crippen molar-refractivity contribution < 1.29 is 19.1 Å². The van der Waals surface area contributed by atoms with Crippen molar-refractivity contribution in [2.75, 3.05) is 11.9 Å². The van der Waals surface area contributed by atoms with Crippen LogP contribution in [-0.2, 0) is 16.0 Å². The molecule has 0 fully saturated rings. The minimum Gasteiger partial charge on any atom is -0.484 e. The number of aryl methyl sites for hydroxylation is 1. The smallest absolute Gasteiger partial charge is 0.262 e. The maximum absolute atomic E-state index is 12.4. The van der Waals surface area contributed by atoms with Gasteiger partial charge in [0.25, 0.3) is 5.91 Å². The summed E-state index contributed by atoms with van der Waals surface area (Å²) in [6, 6.07) is 21.6. The Hall–Kier alpha value is -3.31. The molecule has 3 rings (SSSR count). The summed E-state index contributed by atoms with van der Waals surface area (Å²) in [5.74, 6) is 1.52. The molecule has 5 nitrogen and oxygen atoms in total. The van der Waals surface area contributed by atoms with Crippen molar-refractivity contribution in [1.29, 1.82) is 0 Å². The number of amides is 1. The summed E-state index contributed by atoms with van der Waals surface area (Å²) in [6.45, 7) is 1.41. The highest BCUT2D eigenvalue weighted by atomic mass is 35.5. The summed E-state index contributed by atoms with van der Waals surface area (Å²) < 4.78 is 11.4. The summed E-state index contributed by atoms with van der Waals surface area (Å²) in [4.78, 5) is 23.4. The second-order valence-electron chi connectivity index (χ2n) is 6.74. The van der Waals surface area contributed by atoms with Gasteiger partial charge in [0.1, 0.15) is 17.3 Å². The van der Waals surface area contributed by atoms with E-state index in [0.29, 0.717) is 40.8 Å². The summed E-state index contributed by atoms with van der Waals surface area (Å²) in [5, 5.41) is 3.25. The van der Waals surface area contributed by atoms with Gasteiger partial charge in [0.2, 0.25) is 0 Å². The van der Waals surface area contributed by atoms with Gasteiger partial charge in [0, 0.05) is 11.4 Å². The average Bonchev–Trinajstić information content (AvgIpc) is 2.74. The van der Waals surface area contributed by atoms with Crippen LogP contribution in [0.1, 0.15) is 18.9 Å². The number of ether oxygens (including phenoxy) is 2. The minimum atomic E-state index is -0.337. The summed E-state index contributed by atoms with van der Waals surface area (Å²) in [6.07, 6.45) is 1.20. The summed E-state index contributed by atoms with van der Waals surface area (Å²) >= 11 is 6.08. The van der Waals surface area contributed by atoms with E-state index < -0.39 is 0 Å². The first kappa shape index (κ1) is 21.4. The molecule has 0 heterocycles. The number of anilines is 1. The van der Waals surface area contributed by atoms with Crippen LogP contribution in [0.2, 0.25) is 5.02 Å². The Bertz CT molecular complexity index is 1000. The highest BCUT2D eigenvalue weighted by molar-refractivity contribution is 6.31. The number of para-hydroxylation sites is 1.